The number of esters is 1. The molecule has 0 aliphatic carbocycles. The zero-order valence-corrected chi connectivity index (χ0v) is 54.6. The zero-order valence-electron chi connectivity index (χ0n) is 54.6. The summed E-state index contributed by atoms with van der Waals surface area (Å²) < 4.78 is 5.50. The van der Waals surface area contributed by atoms with Crippen LogP contribution in [0, 0.1) is 0 Å². The summed E-state index contributed by atoms with van der Waals surface area (Å²) in [5.74, 6) is -0.0198. The molecule has 2 atom stereocenters. The van der Waals surface area contributed by atoms with Gasteiger partial charge in [-0.2, -0.15) is 0 Å². The van der Waals surface area contributed by atoms with E-state index in [0.717, 1.165) is 38.5 Å². The Balaban J connectivity index is 3.39. The van der Waals surface area contributed by atoms with Crippen LogP contribution >= 0.6 is 0 Å². The van der Waals surface area contributed by atoms with Crippen LogP contribution in [0.15, 0.2) is 12.2 Å². The van der Waals surface area contributed by atoms with Gasteiger partial charge in [0.1, 0.15) is 0 Å². The average molecular weight is 1130 g/mol. The average Bonchev–Trinajstić information content (AvgIpc) is 3.46. The molecule has 0 aromatic carbocycles. The van der Waals surface area contributed by atoms with Gasteiger partial charge < -0.3 is 20.3 Å². The van der Waals surface area contributed by atoms with Crippen molar-refractivity contribution < 1.29 is 24.5 Å². The van der Waals surface area contributed by atoms with Crippen molar-refractivity contribution in [3.05, 3.63) is 12.2 Å². The first-order valence-electron chi connectivity index (χ1n) is 36.9. The van der Waals surface area contributed by atoms with E-state index in [1.807, 2.05) is 0 Å². The minimum Gasteiger partial charge on any atom is -0.466 e. The van der Waals surface area contributed by atoms with Crippen molar-refractivity contribution in [2.75, 3.05) is 13.2 Å². The maximum atomic E-state index is 12.6. The van der Waals surface area contributed by atoms with Crippen LogP contribution in [-0.4, -0.2) is 47.4 Å². The number of hydrogen-bond acceptors (Lipinski definition) is 5. The number of ether oxygens (including phenoxy) is 1. The molecule has 2 unspecified atom stereocenters. The molecule has 0 fully saturated rings. The maximum absolute atomic E-state index is 12.6. The fourth-order valence-corrected chi connectivity index (χ4v) is 11.9. The fourth-order valence-electron chi connectivity index (χ4n) is 11.9. The van der Waals surface area contributed by atoms with Crippen LogP contribution in [-0.2, 0) is 14.3 Å². The van der Waals surface area contributed by atoms with Gasteiger partial charge in [-0.3, -0.25) is 9.59 Å². The zero-order chi connectivity index (χ0) is 57.8. The van der Waals surface area contributed by atoms with Crippen LogP contribution in [0.3, 0.4) is 0 Å². The summed E-state index contributed by atoms with van der Waals surface area (Å²) in [6.45, 7) is 5.00. The number of allylic oxidation sites excluding steroid dienone is 2. The number of amides is 1. The first-order valence-corrected chi connectivity index (χ1v) is 36.9. The lowest BCUT2D eigenvalue weighted by molar-refractivity contribution is -0.143. The van der Waals surface area contributed by atoms with Gasteiger partial charge >= 0.3 is 5.97 Å². The second-order valence-electron chi connectivity index (χ2n) is 25.6. The highest BCUT2D eigenvalue weighted by molar-refractivity contribution is 5.76. The van der Waals surface area contributed by atoms with E-state index in [1.165, 1.54) is 353 Å². The van der Waals surface area contributed by atoms with Gasteiger partial charge in [-0.1, -0.05) is 373 Å². The molecule has 0 aliphatic rings. The van der Waals surface area contributed by atoms with Crippen molar-refractivity contribution in [3.8, 4) is 0 Å². The van der Waals surface area contributed by atoms with Crippen molar-refractivity contribution >= 4 is 11.9 Å². The molecule has 0 radical (unpaired) electrons. The molecule has 0 spiro atoms. The van der Waals surface area contributed by atoms with Crippen LogP contribution in [0.5, 0.6) is 0 Å². The molecule has 80 heavy (non-hydrogen) atoms. The Kier molecular flexibility index (Phi) is 68.9. The SMILES string of the molecule is CCCCCCCCCCCCCCCCCCCCCCCCCCCC(O)C(CO)NC(=O)CCCCCCCCC/C=C\CCCCCCCCCCCCCCOC(=O)CCCCCCCCCCCCCCCCC. The number of aliphatic hydroxyl groups is 2. The van der Waals surface area contributed by atoms with Gasteiger partial charge in [0, 0.05) is 12.8 Å². The summed E-state index contributed by atoms with van der Waals surface area (Å²) in [5, 5.41) is 23.5. The smallest absolute Gasteiger partial charge is 0.305 e. The highest BCUT2D eigenvalue weighted by Crippen LogP contribution is 2.20. The van der Waals surface area contributed by atoms with Gasteiger partial charge in [0.05, 0.1) is 25.4 Å². The Morgan fingerprint density at radius 3 is 0.887 bits per heavy atom. The molecule has 0 aromatic rings. The molecule has 476 valence electrons. The van der Waals surface area contributed by atoms with Gasteiger partial charge in [0.2, 0.25) is 5.91 Å². The fraction of sp³-hybridized carbons (Fsp3) is 0.946. The van der Waals surface area contributed by atoms with E-state index >= 15 is 0 Å². The molecular formula is C74H145NO5. The van der Waals surface area contributed by atoms with Gasteiger partial charge in [0.25, 0.3) is 0 Å². The summed E-state index contributed by atoms with van der Waals surface area (Å²) in [7, 11) is 0. The lowest BCUT2D eigenvalue weighted by Gasteiger charge is -2.22. The van der Waals surface area contributed by atoms with Crippen LogP contribution < -0.4 is 5.32 Å². The lowest BCUT2D eigenvalue weighted by Crippen LogP contribution is -2.45. The standard InChI is InChI=1S/C74H145NO5/c1-3-5-7-9-11-13-15-17-19-20-21-22-23-24-26-29-32-35-39-42-46-50-54-58-62-66-72(77)71(70-76)75-73(78)67-63-59-55-51-47-43-40-36-33-30-27-25-28-31-34-37-41-45-49-53-57-61-65-69-80-74(79)68-64-60-56-52-48-44-38-18-16-14-12-10-8-6-4-2/h30,33,71-72,76-77H,3-29,31-32,34-70H2,1-2H3,(H,75,78)/b33-30-. The minimum absolute atomic E-state index is 0.0158. The summed E-state index contributed by atoms with van der Waals surface area (Å²) in [4.78, 5) is 24.6. The van der Waals surface area contributed by atoms with E-state index in [9.17, 15) is 19.8 Å². The van der Waals surface area contributed by atoms with E-state index < -0.39 is 12.1 Å². The molecule has 0 heterocycles. The summed E-state index contributed by atoms with van der Waals surface area (Å²) in [6.07, 6.45) is 87.0. The van der Waals surface area contributed by atoms with E-state index in [1.54, 1.807) is 0 Å². The Bertz CT molecular complexity index is 1210. The quantitative estimate of drug-likeness (QED) is 0.0320. The number of rotatable bonds is 70. The van der Waals surface area contributed by atoms with Crippen LogP contribution in [0.4, 0.5) is 0 Å². The van der Waals surface area contributed by atoms with E-state index in [4.69, 9.17) is 4.74 Å². The predicted octanol–water partition coefficient (Wildman–Crippen LogP) is 23.9. The number of nitrogens with one attached hydrogen (secondary N) is 1. The number of hydrogen-bond donors (Lipinski definition) is 3. The summed E-state index contributed by atoms with van der Waals surface area (Å²) >= 11 is 0. The first kappa shape index (κ1) is 78.6. The highest BCUT2D eigenvalue weighted by Gasteiger charge is 2.20. The van der Waals surface area contributed by atoms with Crippen molar-refractivity contribution in [1.82, 2.24) is 5.32 Å². The summed E-state index contributed by atoms with van der Waals surface area (Å²) in [5.41, 5.74) is 0. The topological polar surface area (TPSA) is 95.9 Å². The molecular weight excluding hydrogens is 983 g/mol. The monoisotopic (exact) mass is 1130 g/mol. The predicted molar refractivity (Wildman–Crippen MR) is 352 cm³/mol. The number of unbranched alkanes of at least 4 members (excludes halogenated alkanes) is 57. The van der Waals surface area contributed by atoms with Crippen molar-refractivity contribution in [1.29, 1.82) is 0 Å². The second-order valence-corrected chi connectivity index (χ2v) is 25.6. The van der Waals surface area contributed by atoms with Gasteiger partial charge in [0.15, 0.2) is 0 Å². The van der Waals surface area contributed by atoms with Crippen molar-refractivity contribution in [2.45, 2.75) is 437 Å². The molecule has 0 saturated carbocycles. The molecule has 1 amide bonds. The van der Waals surface area contributed by atoms with Crippen LogP contribution in [0.25, 0.3) is 0 Å². The third-order valence-corrected chi connectivity index (χ3v) is 17.6. The molecule has 0 aromatic heterocycles. The van der Waals surface area contributed by atoms with E-state index in [-0.39, 0.29) is 18.5 Å². The van der Waals surface area contributed by atoms with Crippen LogP contribution in [0.1, 0.15) is 425 Å². The second kappa shape index (κ2) is 70.1. The number of carbonyl (C=O) groups excluding carboxylic acids is 2. The normalized spacial score (nSPS) is 12.5. The Morgan fingerprint density at radius 2 is 0.588 bits per heavy atom. The van der Waals surface area contributed by atoms with E-state index in [0.29, 0.717) is 25.9 Å². The summed E-state index contributed by atoms with van der Waals surface area (Å²) in [6, 6.07) is -0.547. The maximum Gasteiger partial charge on any atom is 0.305 e. The van der Waals surface area contributed by atoms with E-state index in [2.05, 4.69) is 31.3 Å². The number of aliphatic hydroxyl groups excluding tert-OH is 2. The largest absolute Gasteiger partial charge is 0.466 e. The molecule has 6 heteroatoms. The minimum atomic E-state index is -0.669. The van der Waals surface area contributed by atoms with Gasteiger partial charge in [-0.25, -0.2) is 0 Å². The van der Waals surface area contributed by atoms with Crippen molar-refractivity contribution in [3.63, 3.8) is 0 Å². The highest BCUT2D eigenvalue weighted by atomic mass is 16.5. The van der Waals surface area contributed by atoms with Crippen LogP contribution in [0.2, 0.25) is 0 Å². The van der Waals surface area contributed by atoms with Crippen molar-refractivity contribution in [2.24, 2.45) is 0 Å². The van der Waals surface area contributed by atoms with Gasteiger partial charge in [-0.15, -0.1) is 0 Å². The molecule has 0 bridgehead atoms. The third kappa shape index (κ3) is 65.7. The molecule has 0 aliphatic heterocycles. The Labute approximate surface area is 501 Å². The molecule has 3 N–H and O–H groups in total. The molecule has 0 rings (SSSR count). The third-order valence-electron chi connectivity index (χ3n) is 17.6. The Morgan fingerprint density at radius 1 is 0.338 bits per heavy atom. The number of carbonyl (C=O) groups is 2. The lowest BCUT2D eigenvalue weighted by atomic mass is 10.0. The Hall–Kier alpha value is -1.40. The molecule has 6 nitrogen and oxygen atoms in total. The van der Waals surface area contributed by atoms with Gasteiger partial charge in [-0.05, 0) is 51.4 Å². The molecule has 0 saturated heterocycles. The first-order chi connectivity index (χ1) is 39.5.